The van der Waals surface area contributed by atoms with E-state index in [1.165, 1.54) is 32.4 Å². The minimum atomic E-state index is 0.499. The molecular weight excluding hydrogens is 160 g/mol. The Hall–Kier alpha value is -0.0800. The van der Waals surface area contributed by atoms with Crippen molar-refractivity contribution in [3.8, 4) is 0 Å². The summed E-state index contributed by atoms with van der Waals surface area (Å²) in [6, 6.07) is 0.499. The van der Waals surface area contributed by atoms with Crippen LogP contribution >= 0.6 is 0 Å². The van der Waals surface area contributed by atoms with Crippen molar-refractivity contribution in [1.82, 2.24) is 4.90 Å². The zero-order valence-corrected chi connectivity index (χ0v) is 9.29. The Morgan fingerprint density at radius 3 is 2.46 bits per heavy atom. The Morgan fingerprint density at radius 1 is 1.15 bits per heavy atom. The second kappa shape index (κ2) is 4.97. The van der Waals surface area contributed by atoms with Crippen LogP contribution in [-0.4, -0.2) is 31.1 Å². The van der Waals surface area contributed by atoms with Crippen LogP contribution in [0.1, 0.15) is 33.1 Å². The highest BCUT2D eigenvalue weighted by Gasteiger charge is 2.36. The van der Waals surface area contributed by atoms with E-state index in [2.05, 4.69) is 11.9 Å². The Labute approximate surface area is 82.5 Å². The third-order valence-corrected chi connectivity index (χ3v) is 3.34. The first-order chi connectivity index (χ1) is 6.27. The van der Waals surface area contributed by atoms with E-state index in [0.717, 1.165) is 11.8 Å². The quantitative estimate of drug-likeness (QED) is 0.621. The van der Waals surface area contributed by atoms with Gasteiger partial charge in [0.15, 0.2) is 0 Å². The first kappa shape index (κ1) is 11.0. The molecule has 0 aromatic carbocycles. The molecule has 2 aliphatic rings. The number of hydrogen-bond donors (Lipinski definition) is 1. The van der Waals surface area contributed by atoms with Crippen molar-refractivity contribution in [2.45, 2.75) is 39.2 Å². The van der Waals surface area contributed by atoms with Gasteiger partial charge in [-0.1, -0.05) is 20.3 Å². The van der Waals surface area contributed by atoms with Crippen molar-refractivity contribution in [3.63, 3.8) is 0 Å². The van der Waals surface area contributed by atoms with Gasteiger partial charge in [-0.15, -0.1) is 0 Å². The van der Waals surface area contributed by atoms with Gasteiger partial charge in [0.2, 0.25) is 0 Å². The highest BCUT2D eigenvalue weighted by atomic mass is 15.1. The Bertz CT molecular complexity index is 147. The van der Waals surface area contributed by atoms with E-state index in [-0.39, 0.29) is 0 Å². The van der Waals surface area contributed by atoms with Crippen LogP contribution in [-0.2, 0) is 0 Å². The third kappa shape index (κ3) is 2.44. The molecule has 1 saturated carbocycles. The van der Waals surface area contributed by atoms with Gasteiger partial charge >= 0.3 is 0 Å². The zero-order valence-electron chi connectivity index (χ0n) is 9.29. The lowest BCUT2D eigenvalue weighted by molar-refractivity contribution is 0.259. The zero-order chi connectivity index (χ0) is 9.84. The van der Waals surface area contributed by atoms with E-state index in [4.69, 9.17) is 5.73 Å². The van der Waals surface area contributed by atoms with Crippen LogP contribution in [0.15, 0.2) is 0 Å². The summed E-state index contributed by atoms with van der Waals surface area (Å²) in [6.45, 7) is 6.53. The average Bonchev–Trinajstić information content (AvgIpc) is 2.51. The fourth-order valence-corrected chi connectivity index (χ4v) is 2.74. The summed E-state index contributed by atoms with van der Waals surface area (Å²) < 4.78 is 0. The molecule has 0 bridgehead atoms. The van der Waals surface area contributed by atoms with E-state index in [0.29, 0.717) is 6.04 Å². The van der Waals surface area contributed by atoms with Crippen LogP contribution in [0.3, 0.4) is 0 Å². The fraction of sp³-hybridized carbons (Fsp3) is 1.00. The number of nitrogens with two attached hydrogens (primary N) is 1. The van der Waals surface area contributed by atoms with Crippen molar-refractivity contribution in [2.24, 2.45) is 17.6 Å². The van der Waals surface area contributed by atoms with Crippen molar-refractivity contribution in [1.29, 1.82) is 0 Å². The third-order valence-electron chi connectivity index (χ3n) is 3.34. The smallest absolute Gasteiger partial charge is 0.00825 e. The van der Waals surface area contributed by atoms with Gasteiger partial charge in [0.25, 0.3) is 0 Å². The van der Waals surface area contributed by atoms with Gasteiger partial charge in [0, 0.05) is 19.1 Å². The number of fused-ring (bicyclic) bond motifs is 1. The van der Waals surface area contributed by atoms with E-state index >= 15 is 0 Å². The van der Waals surface area contributed by atoms with E-state index < -0.39 is 0 Å². The van der Waals surface area contributed by atoms with Crippen LogP contribution in [0.25, 0.3) is 0 Å². The lowest BCUT2D eigenvalue weighted by Gasteiger charge is -2.29. The Balaban J connectivity index is 0.000000396. The molecule has 0 aromatic rings. The van der Waals surface area contributed by atoms with Crippen LogP contribution in [0.2, 0.25) is 0 Å². The average molecular weight is 184 g/mol. The van der Waals surface area contributed by atoms with E-state index in [9.17, 15) is 0 Å². The molecule has 1 aliphatic heterocycles. The molecule has 2 N–H and O–H groups in total. The second-order valence-electron chi connectivity index (χ2n) is 4.24. The molecule has 78 valence electrons. The van der Waals surface area contributed by atoms with E-state index in [1.807, 2.05) is 13.8 Å². The summed E-state index contributed by atoms with van der Waals surface area (Å²) in [5, 5.41) is 0. The molecular formula is C11H24N2. The Morgan fingerprint density at radius 2 is 1.85 bits per heavy atom. The van der Waals surface area contributed by atoms with Gasteiger partial charge in [0.1, 0.15) is 0 Å². The molecule has 1 saturated heterocycles. The first-order valence-corrected chi connectivity index (χ1v) is 5.71. The van der Waals surface area contributed by atoms with Gasteiger partial charge in [-0.3, -0.25) is 0 Å². The molecule has 2 rings (SSSR count). The maximum atomic E-state index is 6.06. The summed E-state index contributed by atoms with van der Waals surface area (Å²) in [5.74, 6) is 1.73. The van der Waals surface area contributed by atoms with E-state index in [1.54, 1.807) is 0 Å². The molecule has 3 atom stereocenters. The predicted molar refractivity (Wildman–Crippen MR) is 57.7 cm³/mol. The van der Waals surface area contributed by atoms with Crippen LogP contribution in [0.5, 0.6) is 0 Å². The largest absolute Gasteiger partial charge is 0.327 e. The van der Waals surface area contributed by atoms with Crippen molar-refractivity contribution in [3.05, 3.63) is 0 Å². The number of hydrogen-bond acceptors (Lipinski definition) is 2. The normalized spacial score (nSPS) is 39.2. The lowest BCUT2D eigenvalue weighted by atomic mass is 9.78. The number of nitrogens with zero attached hydrogens (tertiary/aromatic N) is 1. The van der Waals surface area contributed by atoms with Gasteiger partial charge in [-0.05, 0) is 31.7 Å². The fourth-order valence-electron chi connectivity index (χ4n) is 2.74. The standard InChI is InChI=1S/C9H18N2.C2H6/c1-11-5-7-3-2-4-9(10)8(7)6-11;1-2/h7-9H,2-6,10H2,1H3;1-2H3. The first-order valence-electron chi connectivity index (χ1n) is 5.71. The SMILES string of the molecule is CC.CN1CC2CCCC(N)C2C1. The van der Waals surface area contributed by atoms with Gasteiger partial charge < -0.3 is 10.6 Å². The lowest BCUT2D eigenvalue weighted by Crippen LogP contribution is -2.38. The molecule has 2 nitrogen and oxygen atoms in total. The number of likely N-dealkylation sites (tertiary alicyclic amines) is 1. The van der Waals surface area contributed by atoms with Crippen molar-refractivity contribution in [2.75, 3.05) is 20.1 Å². The second-order valence-corrected chi connectivity index (χ2v) is 4.24. The Kier molecular flexibility index (Phi) is 4.20. The molecule has 3 unspecified atom stereocenters. The predicted octanol–water partition coefficient (Wildman–Crippen LogP) is 1.70. The monoisotopic (exact) mass is 184 g/mol. The topological polar surface area (TPSA) is 29.3 Å². The van der Waals surface area contributed by atoms with Crippen LogP contribution in [0.4, 0.5) is 0 Å². The summed E-state index contributed by atoms with van der Waals surface area (Å²) in [6.07, 6.45) is 4.04. The van der Waals surface area contributed by atoms with Crippen molar-refractivity contribution < 1.29 is 0 Å². The van der Waals surface area contributed by atoms with Crippen LogP contribution in [0, 0.1) is 11.8 Å². The molecule has 0 spiro atoms. The molecule has 1 heterocycles. The van der Waals surface area contributed by atoms with Gasteiger partial charge in [-0.25, -0.2) is 0 Å². The van der Waals surface area contributed by atoms with Gasteiger partial charge in [-0.2, -0.15) is 0 Å². The molecule has 2 heteroatoms. The van der Waals surface area contributed by atoms with Crippen molar-refractivity contribution >= 4 is 0 Å². The summed E-state index contributed by atoms with van der Waals surface area (Å²) in [7, 11) is 2.21. The molecule has 13 heavy (non-hydrogen) atoms. The molecule has 0 amide bonds. The highest BCUT2D eigenvalue weighted by molar-refractivity contribution is 4.91. The maximum absolute atomic E-state index is 6.06. The minimum absolute atomic E-state index is 0.499. The molecule has 1 aliphatic carbocycles. The molecule has 0 aromatic heterocycles. The van der Waals surface area contributed by atoms with Gasteiger partial charge in [0.05, 0.1) is 0 Å². The van der Waals surface area contributed by atoms with Crippen LogP contribution < -0.4 is 5.73 Å². The number of rotatable bonds is 0. The minimum Gasteiger partial charge on any atom is -0.327 e. The summed E-state index contributed by atoms with van der Waals surface area (Å²) in [5.41, 5.74) is 6.06. The molecule has 0 radical (unpaired) electrons. The summed E-state index contributed by atoms with van der Waals surface area (Å²) in [4.78, 5) is 2.43. The maximum Gasteiger partial charge on any atom is 0.00825 e. The molecule has 2 fully saturated rings. The summed E-state index contributed by atoms with van der Waals surface area (Å²) >= 11 is 0. The highest BCUT2D eigenvalue weighted by Crippen LogP contribution is 2.34.